The van der Waals surface area contributed by atoms with Crippen molar-refractivity contribution in [2.75, 3.05) is 13.2 Å². The van der Waals surface area contributed by atoms with E-state index in [1.54, 1.807) is 10.7 Å². The van der Waals surface area contributed by atoms with Crippen molar-refractivity contribution in [3.05, 3.63) is 40.7 Å². The Morgan fingerprint density at radius 1 is 1.42 bits per heavy atom. The van der Waals surface area contributed by atoms with E-state index >= 15 is 0 Å². The minimum absolute atomic E-state index is 0.184. The van der Waals surface area contributed by atoms with Gasteiger partial charge in [-0.15, -0.1) is 5.10 Å². The summed E-state index contributed by atoms with van der Waals surface area (Å²) >= 11 is 6.22. The quantitative estimate of drug-likeness (QED) is 0.868. The first-order valence-electron chi connectivity index (χ1n) is 9.06. The molecule has 1 aromatic heterocycles. The second-order valence-electron chi connectivity index (χ2n) is 7.08. The Kier molecular flexibility index (Phi) is 5.94. The number of rotatable bonds is 5. The molecule has 0 bridgehead atoms. The van der Waals surface area contributed by atoms with Gasteiger partial charge in [0.1, 0.15) is 0 Å². The van der Waals surface area contributed by atoms with E-state index in [4.69, 9.17) is 16.3 Å². The molecule has 2 atom stereocenters. The first kappa shape index (κ1) is 18.9. The van der Waals surface area contributed by atoms with E-state index in [9.17, 15) is 4.79 Å². The van der Waals surface area contributed by atoms with E-state index in [0.717, 1.165) is 19.4 Å². The Bertz CT molecular complexity index is 775. The van der Waals surface area contributed by atoms with Gasteiger partial charge in [0.2, 0.25) is 0 Å². The van der Waals surface area contributed by atoms with Crippen LogP contribution >= 0.6 is 11.6 Å². The van der Waals surface area contributed by atoms with Crippen molar-refractivity contribution in [2.45, 2.75) is 39.7 Å². The number of aromatic nitrogens is 3. The highest BCUT2D eigenvalue weighted by molar-refractivity contribution is 6.32. The van der Waals surface area contributed by atoms with Gasteiger partial charge in [-0.1, -0.05) is 42.8 Å². The summed E-state index contributed by atoms with van der Waals surface area (Å²) in [5, 5.41) is 11.7. The lowest BCUT2D eigenvalue weighted by Gasteiger charge is -2.34. The van der Waals surface area contributed by atoms with E-state index in [-0.39, 0.29) is 12.0 Å². The van der Waals surface area contributed by atoms with Crippen molar-refractivity contribution in [2.24, 2.45) is 11.8 Å². The Labute approximate surface area is 158 Å². The topological polar surface area (TPSA) is 69.0 Å². The van der Waals surface area contributed by atoms with Gasteiger partial charge in [0.15, 0.2) is 5.69 Å². The molecule has 0 spiro atoms. The monoisotopic (exact) mass is 376 g/mol. The van der Waals surface area contributed by atoms with Crippen LogP contribution in [0.1, 0.15) is 42.9 Å². The van der Waals surface area contributed by atoms with Gasteiger partial charge in [-0.2, -0.15) is 0 Å². The number of amides is 1. The summed E-state index contributed by atoms with van der Waals surface area (Å²) in [6.45, 7) is 7.52. The van der Waals surface area contributed by atoms with Crippen LogP contribution in [0.2, 0.25) is 5.02 Å². The zero-order valence-electron chi connectivity index (χ0n) is 15.4. The Morgan fingerprint density at radius 2 is 2.19 bits per heavy atom. The molecule has 1 aliphatic rings. The zero-order chi connectivity index (χ0) is 18.7. The second-order valence-corrected chi connectivity index (χ2v) is 7.49. The fraction of sp³-hybridized carbons (Fsp3) is 0.526. The van der Waals surface area contributed by atoms with Crippen molar-refractivity contribution in [1.29, 1.82) is 0 Å². The summed E-state index contributed by atoms with van der Waals surface area (Å²) in [6.07, 6.45) is 2.28. The largest absolute Gasteiger partial charge is 0.378 e. The lowest BCUT2D eigenvalue weighted by atomic mass is 9.87. The molecule has 26 heavy (non-hydrogen) atoms. The number of hydrogen-bond donors (Lipinski definition) is 1. The molecule has 3 rings (SSSR count). The number of carbonyl (C=O) groups is 1. The molecule has 0 aliphatic carbocycles. The van der Waals surface area contributed by atoms with Gasteiger partial charge >= 0.3 is 0 Å². The predicted molar refractivity (Wildman–Crippen MR) is 101 cm³/mol. The molecule has 1 amide bonds. The van der Waals surface area contributed by atoms with Crippen LogP contribution in [0, 0.1) is 18.8 Å². The minimum Gasteiger partial charge on any atom is -0.378 e. The summed E-state index contributed by atoms with van der Waals surface area (Å²) < 4.78 is 7.49. The maximum Gasteiger partial charge on any atom is 0.273 e. The van der Waals surface area contributed by atoms with Gasteiger partial charge in [-0.05, 0) is 37.8 Å². The van der Waals surface area contributed by atoms with Crippen LogP contribution in [0.15, 0.2) is 24.3 Å². The van der Waals surface area contributed by atoms with Crippen LogP contribution in [0.5, 0.6) is 0 Å². The molecule has 1 aromatic carbocycles. The highest BCUT2D eigenvalue weighted by atomic mass is 35.5. The average molecular weight is 377 g/mol. The van der Waals surface area contributed by atoms with Crippen LogP contribution in [-0.4, -0.2) is 40.2 Å². The molecular weight excluding hydrogens is 352 g/mol. The minimum atomic E-state index is -0.214. The molecule has 1 N–H and O–H groups in total. The fourth-order valence-electron chi connectivity index (χ4n) is 3.52. The molecule has 1 saturated heterocycles. The number of para-hydroxylation sites is 1. The molecule has 2 heterocycles. The van der Waals surface area contributed by atoms with Crippen molar-refractivity contribution in [3.8, 4) is 5.69 Å². The van der Waals surface area contributed by atoms with Gasteiger partial charge in [-0.25, -0.2) is 4.68 Å². The molecule has 2 aromatic rings. The highest BCUT2D eigenvalue weighted by Crippen LogP contribution is 2.26. The summed E-state index contributed by atoms with van der Waals surface area (Å²) in [5.41, 5.74) is 1.69. The summed E-state index contributed by atoms with van der Waals surface area (Å²) in [6, 6.07) is 7.35. The van der Waals surface area contributed by atoms with Crippen molar-refractivity contribution in [1.82, 2.24) is 20.3 Å². The van der Waals surface area contributed by atoms with E-state index in [1.165, 1.54) is 0 Å². The van der Waals surface area contributed by atoms with Gasteiger partial charge in [0.05, 0.1) is 22.5 Å². The first-order chi connectivity index (χ1) is 12.5. The second kappa shape index (κ2) is 8.18. The van der Waals surface area contributed by atoms with E-state index in [0.29, 0.717) is 40.5 Å². The molecule has 140 valence electrons. The van der Waals surface area contributed by atoms with Crippen molar-refractivity contribution in [3.63, 3.8) is 0 Å². The molecule has 1 fully saturated rings. The smallest absolute Gasteiger partial charge is 0.273 e. The number of halogens is 1. The molecule has 0 radical (unpaired) electrons. The molecule has 6 nitrogen and oxygen atoms in total. The fourth-order valence-corrected chi connectivity index (χ4v) is 3.73. The normalized spacial score (nSPS) is 20.3. The highest BCUT2D eigenvalue weighted by Gasteiger charge is 2.29. The maximum atomic E-state index is 12.6. The predicted octanol–water partition coefficient (Wildman–Crippen LogP) is 3.41. The van der Waals surface area contributed by atoms with Gasteiger partial charge < -0.3 is 10.1 Å². The molecule has 0 unspecified atom stereocenters. The van der Waals surface area contributed by atoms with Crippen molar-refractivity contribution < 1.29 is 9.53 Å². The van der Waals surface area contributed by atoms with Crippen LogP contribution in [0.3, 0.4) is 0 Å². The Morgan fingerprint density at radius 3 is 2.92 bits per heavy atom. The SMILES string of the molecule is Cc1c(C(=O)NC[C@H]2CCCO[C@@H]2C(C)C)nnn1-c1ccccc1Cl. The average Bonchev–Trinajstić information content (AvgIpc) is 3.01. The Balaban J connectivity index is 1.70. The van der Waals surface area contributed by atoms with Crippen molar-refractivity contribution >= 4 is 17.5 Å². The molecule has 7 heteroatoms. The van der Waals surface area contributed by atoms with Gasteiger partial charge in [-0.3, -0.25) is 4.79 Å². The third kappa shape index (κ3) is 3.91. The third-order valence-corrected chi connectivity index (χ3v) is 5.19. The summed E-state index contributed by atoms with van der Waals surface area (Å²) in [7, 11) is 0. The van der Waals surface area contributed by atoms with Crippen LogP contribution in [0.25, 0.3) is 5.69 Å². The summed E-state index contributed by atoms with van der Waals surface area (Å²) in [5.74, 6) is 0.542. The Hall–Kier alpha value is -1.92. The third-order valence-electron chi connectivity index (χ3n) is 4.87. The lowest BCUT2D eigenvalue weighted by molar-refractivity contribution is -0.0510. The van der Waals surface area contributed by atoms with Crippen LogP contribution in [-0.2, 0) is 4.74 Å². The van der Waals surface area contributed by atoms with E-state index in [1.807, 2.05) is 25.1 Å². The van der Waals surface area contributed by atoms with Crippen LogP contribution in [0.4, 0.5) is 0 Å². The lowest BCUT2D eigenvalue weighted by Crippen LogP contribution is -2.41. The molecule has 0 saturated carbocycles. The first-order valence-corrected chi connectivity index (χ1v) is 9.44. The number of hydrogen-bond acceptors (Lipinski definition) is 4. The number of nitrogens with zero attached hydrogens (tertiary/aromatic N) is 3. The standard InChI is InChI=1S/C19H25ClN4O2/c1-12(2)18-14(7-6-10-26-18)11-21-19(25)17-13(3)24(23-22-17)16-9-5-4-8-15(16)20/h4-5,8-9,12,14,18H,6-7,10-11H2,1-3H3,(H,21,25)/t14-,18-/m1/s1. The van der Waals surface area contributed by atoms with Gasteiger partial charge in [0, 0.05) is 19.1 Å². The maximum absolute atomic E-state index is 12.6. The summed E-state index contributed by atoms with van der Waals surface area (Å²) in [4.78, 5) is 12.6. The molecule has 1 aliphatic heterocycles. The number of benzene rings is 1. The number of ether oxygens (including phenoxy) is 1. The van der Waals surface area contributed by atoms with E-state index in [2.05, 4.69) is 29.5 Å². The zero-order valence-corrected chi connectivity index (χ0v) is 16.2. The van der Waals surface area contributed by atoms with E-state index < -0.39 is 0 Å². The van der Waals surface area contributed by atoms with Gasteiger partial charge in [0.25, 0.3) is 5.91 Å². The number of nitrogens with one attached hydrogen (secondary N) is 1. The molecular formula is C19H25ClN4O2. The van der Waals surface area contributed by atoms with Crippen LogP contribution < -0.4 is 5.32 Å². The number of carbonyl (C=O) groups excluding carboxylic acids is 1.